The van der Waals surface area contributed by atoms with Gasteiger partial charge in [-0.25, -0.2) is 9.59 Å². The fraction of sp³-hybridized carbons (Fsp3) is 0.500. The number of hydrogen-bond donors (Lipinski definition) is 3. The third kappa shape index (κ3) is 5.48. The molecule has 2 aliphatic rings. The summed E-state index contributed by atoms with van der Waals surface area (Å²) in [5.74, 6) is -2.11. The summed E-state index contributed by atoms with van der Waals surface area (Å²) in [7, 11) is 0. The highest BCUT2D eigenvalue weighted by Crippen LogP contribution is 2.31. The van der Waals surface area contributed by atoms with Gasteiger partial charge in [0.25, 0.3) is 5.91 Å². The van der Waals surface area contributed by atoms with Crippen molar-refractivity contribution in [3.8, 4) is 5.75 Å². The van der Waals surface area contributed by atoms with Gasteiger partial charge in [-0.15, -0.1) is 13.2 Å². The predicted octanol–water partition coefficient (Wildman–Crippen LogP) is 2.51. The molecule has 0 aromatic heterocycles. The number of hydrogen-bond acceptors (Lipinski definition) is 5. The monoisotopic (exact) mass is 456 g/mol. The van der Waals surface area contributed by atoms with Crippen molar-refractivity contribution >= 4 is 23.9 Å². The molecule has 1 aliphatic heterocycles. The maximum atomic E-state index is 12.8. The molecular formula is C20H23F3N4O5. The molecule has 1 atom stereocenters. The molecule has 0 bridgehead atoms. The molecule has 1 heterocycles. The molecule has 0 spiro atoms. The van der Waals surface area contributed by atoms with E-state index in [0.29, 0.717) is 4.90 Å². The number of urea groups is 2. The van der Waals surface area contributed by atoms with Crippen molar-refractivity contribution in [2.45, 2.75) is 57.0 Å². The van der Waals surface area contributed by atoms with Crippen molar-refractivity contribution in [3.63, 3.8) is 0 Å². The number of rotatable bonds is 5. The van der Waals surface area contributed by atoms with E-state index in [0.717, 1.165) is 44.2 Å². The molecule has 6 amide bonds. The van der Waals surface area contributed by atoms with Crippen LogP contribution in [0.5, 0.6) is 5.75 Å². The van der Waals surface area contributed by atoms with Gasteiger partial charge >= 0.3 is 18.4 Å². The Hall–Kier alpha value is -3.31. The lowest BCUT2D eigenvalue weighted by molar-refractivity contribution is -0.274. The zero-order valence-corrected chi connectivity index (χ0v) is 17.3. The Bertz CT molecular complexity index is 899. The van der Waals surface area contributed by atoms with Crippen LogP contribution >= 0.6 is 0 Å². The second-order valence-electron chi connectivity index (χ2n) is 7.88. The third-order valence-electron chi connectivity index (χ3n) is 5.44. The molecule has 1 unspecified atom stereocenters. The average Bonchev–Trinajstić information content (AvgIpc) is 2.92. The fourth-order valence-corrected chi connectivity index (χ4v) is 3.80. The van der Waals surface area contributed by atoms with Crippen molar-refractivity contribution in [3.05, 3.63) is 29.8 Å². The SMILES string of the molecule is CC1(c2ccc(OC(F)(F)F)cc2)NC(=O)N(CC(=O)NC(=O)NC2CCCCC2)C1=O. The molecule has 9 nitrogen and oxygen atoms in total. The number of halogens is 3. The van der Waals surface area contributed by atoms with Crippen LogP contribution in [0.1, 0.15) is 44.6 Å². The Labute approximate surface area is 181 Å². The lowest BCUT2D eigenvalue weighted by atomic mass is 9.92. The number of ether oxygens (including phenoxy) is 1. The number of nitrogens with zero attached hydrogens (tertiary/aromatic N) is 1. The summed E-state index contributed by atoms with van der Waals surface area (Å²) in [5, 5.41) is 7.23. The minimum Gasteiger partial charge on any atom is -0.406 e. The van der Waals surface area contributed by atoms with Crippen LogP contribution in [0, 0.1) is 0 Å². The number of carbonyl (C=O) groups is 4. The van der Waals surface area contributed by atoms with Gasteiger partial charge in [-0.05, 0) is 37.5 Å². The molecule has 12 heteroatoms. The first-order valence-electron chi connectivity index (χ1n) is 10.1. The average molecular weight is 456 g/mol. The van der Waals surface area contributed by atoms with Crippen LogP contribution in [0.25, 0.3) is 0 Å². The Morgan fingerprint density at radius 1 is 1.16 bits per heavy atom. The summed E-state index contributed by atoms with van der Waals surface area (Å²) in [6.45, 7) is 0.675. The first kappa shape index (κ1) is 23.4. The van der Waals surface area contributed by atoms with Gasteiger partial charge in [0.1, 0.15) is 17.8 Å². The van der Waals surface area contributed by atoms with E-state index in [1.54, 1.807) is 0 Å². The molecule has 1 saturated carbocycles. The molecule has 2 fully saturated rings. The minimum atomic E-state index is -4.86. The largest absolute Gasteiger partial charge is 0.573 e. The molecule has 0 radical (unpaired) electrons. The molecule has 1 aromatic carbocycles. The highest BCUT2D eigenvalue weighted by molar-refractivity contribution is 6.10. The number of imide groups is 2. The van der Waals surface area contributed by atoms with Crippen LogP contribution in [0.2, 0.25) is 0 Å². The second kappa shape index (κ2) is 9.05. The van der Waals surface area contributed by atoms with E-state index in [9.17, 15) is 32.3 Å². The van der Waals surface area contributed by atoms with Crippen LogP contribution in [-0.4, -0.2) is 47.7 Å². The lowest BCUT2D eigenvalue weighted by Crippen LogP contribution is -2.49. The summed E-state index contributed by atoms with van der Waals surface area (Å²) >= 11 is 0. The zero-order chi connectivity index (χ0) is 23.5. The standard InChI is InChI=1S/C20H23F3N4O5/c1-19(12-7-9-14(10-8-12)32-20(21,22)23)16(29)27(18(31)26-19)11-15(28)25-17(30)24-13-5-3-2-4-6-13/h7-10,13H,2-6,11H2,1H3,(H,26,31)(H2,24,25,28,30). The van der Waals surface area contributed by atoms with Gasteiger partial charge < -0.3 is 15.4 Å². The molecule has 1 aliphatic carbocycles. The van der Waals surface area contributed by atoms with Crippen LogP contribution < -0.4 is 20.7 Å². The molecule has 3 N–H and O–H groups in total. The molecule has 1 saturated heterocycles. The highest BCUT2D eigenvalue weighted by Gasteiger charge is 2.49. The van der Waals surface area contributed by atoms with Crippen molar-refractivity contribution < 1.29 is 37.1 Å². The van der Waals surface area contributed by atoms with Crippen molar-refractivity contribution in [2.24, 2.45) is 0 Å². The minimum absolute atomic E-state index is 0.0270. The molecule has 1 aromatic rings. The van der Waals surface area contributed by atoms with Crippen LogP contribution in [0.15, 0.2) is 24.3 Å². The van der Waals surface area contributed by atoms with E-state index in [2.05, 4.69) is 20.7 Å². The Kier molecular flexibility index (Phi) is 6.60. The zero-order valence-electron chi connectivity index (χ0n) is 17.3. The van der Waals surface area contributed by atoms with E-state index < -0.39 is 48.1 Å². The van der Waals surface area contributed by atoms with Gasteiger partial charge in [0.05, 0.1) is 0 Å². The van der Waals surface area contributed by atoms with E-state index in [4.69, 9.17) is 0 Å². The van der Waals surface area contributed by atoms with Crippen LogP contribution in [0.4, 0.5) is 22.8 Å². The second-order valence-corrected chi connectivity index (χ2v) is 7.88. The molecular weight excluding hydrogens is 433 g/mol. The van der Waals surface area contributed by atoms with Gasteiger partial charge in [0.2, 0.25) is 5.91 Å². The van der Waals surface area contributed by atoms with Crippen molar-refractivity contribution in [2.75, 3.05) is 6.54 Å². The van der Waals surface area contributed by atoms with Crippen LogP contribution in [-0.2, 0) is 15.1 Å². The summed E-state index contributed by atoms with van der Waals surface area (Å²) in [6.07, 6.45) is -0.149. The first-order valence-corrected chi connectivity index (χ1v) is 10.1. The number of nitrogens with one attached hydrogen (secondary N) is 3. The summed E-state index contributed by atoms with van der Waals surface area (Å²) in [6, 6.07) is 2.85. The van der Waals surface area contributed by atoms with Crippen LogP contribution in [0.3, 0.4) is 0 Å². The smallest absolute Gasteiger partial charge is 0.406 e. The van der Waals surface area contributed by atoms with Gasteiger partial charge in [0, 0.05) is 6.04 Å². The number of benzene rings is 1. The molecule has 32 heavy (non-hydrogen) atoms. The Morgan fingerprint density at radius 2 is 1.78 bits per heavy atom. The van der Waals surface area contributed by atoms with Gasteiger partial charge in [-0.1, -0.05) is 31.4 Å². The van der Waals surface area contributed by atoms with Gasteiger partial charge in [-0.3, -0.25) is 19.8 Å². The summed E-state index contributed by atoms with van der Waals surface area (Å²) in [5.41, 5.74) is -1.40. The number of alkyl halides is 3. The number of amides is 6. The lowest BCUT2D eigenvalue weighted by Gasteiger charge is -2.23. The summed E-state index contributed by atoms with van der Waals surface area (Å²) < 4.78 is 40.8. The van der Waals surface area contributed by atoms with E-state index in [1.165, 1.54) is 19.1 Å². The van der Waals surface area contributed by atoms with E-state index >= 15 is 0 Å². The van der Waals surface area contributed by atoms with Gasteiger partial charge in [0.15, 0.2) is 0 Å². The third-order valence-corrected chi connectivity index (χ3v) is 5.44. The fourth-order valence-electron chi connectivity index (χ4n) is 3.80. The first-order chi connectivity index (χ1) is 15.0. The maximum Gasteiger partial charge on any atom is 0.573 e. The van der Waals surface area contributed by atoms with Crippen molar-refractivity contribution in [1.29, 1.82) is 0 Å². The van der Waals surface area contributed by atoms with Crippen molar-refractivity contribution in [1.82, 2.24) is 20.9 Å². The topological polar surface area (TPSA) is 117 Å². The summed E-state index contributed by atoms with van der Waals surface area (Å²) in [4.78, 5) is 50.0. The molecule has 174 valence electrons. The highest BCUT2D eigenvalue weighted by atomic mass is 19.4. The maximum absolute atomic E-state index is 12.8. The van der Waals surface area contributed by atoms with Gasteiger partial charge in [-0.2, -0.15) is 0 Å². The normalized spacial score (nSPS) is 21.8. The molecule has 3 rings (SSSR count). The Morgan fingerprint density at radius 3 is 2.38 bits per heavy atom. The van der Waals surface area contributed by atoms with E-state index in [1.807, 2.05) is 0 Å². The van der Waals surface area contributed by atoms with E-state index in [-0.39, 0.29) is 11.6 Å². The number of carbonyl (C=O) groups excluding carboxylic acids is 4. The Balaban J connectivity index is 1.60. The quantitative estimate of drug-likeness (QED) is 0.589. The predicted molar refractivity (Wildman–Crippen MR) is 104 cm³/mol.